The predicted molar refractivity (Wildman–Crippen MR) is 244 cm³/mol. The molecule has 0 saturated heterocycles. The zero-order valence-corrected chi connectivity index (χ0v) is 31.8. The molecule has 0 saturated carbocycles. The Hall–Kier alpha value is -7.95. The minimum Gasteiger partial charge on any atom is -0.455 e. The predicted octanol–water partition coefficient (Wildman–Crippen LogP) is 14.7. The van der Waals surface area contributed by atoms with E-state index >= 15 is 0 Å². The number of rotatable bonds is 5. The van der Waals surface area contributed by atoms with Gasteiger partial charge in [-0.25, -0.2) is 4.98 Å². The summed E-state index contributed by atoms with van der Waals surface area (Å²) in [6.07, 6.45) is 3.60. The number of hydrogen-bond acceptors (Lipinski definition) is 4. The van der Waals surface area contributed by atoms with E-state index in [0.29, 0.717) is 0 Å². The summed E-state index contributed by atoms with van der Waals surface area (Å²) in [7, 11) is 0. The van der Waals surface area contributed by atoms with Crippen molar-refractivity contribution in [1.29, 1.82) is 0 Å². The fourth-order valence-electron chi connectivity index (χ4n) is 8.99. The van der Waals surface area contributed by atoms with Crippen molar-refractivity contribution in [3.63, 3.8) is 0 Å². The Labute approximate surface area is 339 Å². The molecule has 0 radical (unpaired) electrons. The zero-order chi connectivity index (χ0) is 38.9. The van der Waals surface area contributed by atoms with Crippen molar-refractivity contribution in [2.75, 3.05) is 0 Å². The van der Waals surface area contributed by atoms with Crippen LogP contribution in [0.3, 0.4) is 0 Å². The summed E-state index contributed by atoms with van der Waals surface area (Å²) in [5.41, 5.74) is 11.7. The quantitative estimate of drug-likeness (QED) is 0.164. The fourth-order valence-corrected chi connectivity index (χ4v) is 8.99. The smallest absolute Gasteiger partial charge is 0.143 e. The Bertz CT molecular complexity index is 3500. The minimum atomic E-state index is 0.806. The highest BCUT2D eigenvalue weighted by Crippen LogP contribution is 2.44. The zero-order valence-electron chi connectivity index (χ0n) is 31.8. The first-order valence-corrected chi connectivity index (χ1v) is 19.9. The molecular weight excluding hydrogens is 719 g/mol. The van der Waals surface area contributed by atoms with Gasteiger partial charge >= 0.3 is 0 Å². The third-order valence-corrected chi connectivity index (χ3v) is 11.8. The number of benzene rings is 8. The van der Waals surface area contributed by atoms with Crippen LogP contribution in [0.15, 0.2) is 205 Å². The second kappa shape index (κ2) is 13.3. The van der Waals surface area contributed by atoms with Gasteiger partial charge in [0, 0.05) is 34.1 Å². The van der Waals surface area contributed by atoms with Gasteiger partial charge in [0.1, 0.15) is 11.2 Å². The summed E-state index contributed by atoms with van der Waals surface area (Å²) >= 11 is 0. The molecule has 0 spiro atoms. The topological polar surface area (TPSA) is 51.8 Å². The maximum Gasteiger partial charge on any atom is 0.143 e. The van der Waals surface area contributed by atoms with E-state index in [0.717, 1.165) is 88.9 Å². The molecule has 4 heteroatoms. The van der Waals surface area contributed by atoms with E-state index in [4.69, 9.17) is 9.40 Å². The summed E-state index contributed by atoms with van der Waals surface area (Å²) in [5.74, 6) is 0. The molecule has 12 aromatic rings. The van der Waals surface area contributed by atoms with E-state index in [9.17, 15) is 0 Å². The average Bonchev–Trinajstić information content (AvgIpc) is 3.71. The van der Waals surface area contributed by atoms with Gasteiger partial charge in [0.05, 0.1) is 22.8 Å². The number of fused-ring (bicyclic) bond motifs is 11. The summed E-state index contributed by atoms with van der Waals surface area (Å²) in [4.78, 5) is 14.2. The molecule has 0 N–H and O–H groups in total. The molecule has 59 heavy (non-hydrogen) atoms. The molecule has 0 amide bonds. The van der Waals surface area contributed by atoms with Crippen molar-refractivity contribution in [3.05, 3.63) is 200 Å². The van der Waals surface area contributed by atoms with Crippen molar-refractivity contribution >= 4 is 65.0 Å². The van der Waals surface area contributed by atoms with Crippen LogP contribution >= 0.6 is 0 Å². The second-order valence-electron chi connectivity index (χ2n) is 15.1. The van der Waals surface area contributed by atoms with Crippen LogP contribution in [-0.4, -0.2) is 15.0 Å². The highest BCUT2D eigenvalue weighted by atomic mass is 16.3. The normalized spacial score (nSPS) is 11.7. The molecule has 0 fully saturated rings. The molecule has 4 heterocycles. The lowest BCUT2D eigenvalue weighted by molar-refractivity contribution is 0.674. The van der Waals surface area contributed by atoms with Crippen LogP contribution in [0.5, 0.6) is 0 Å². The molecule has 12 rings (SSSR count). The number of aromatic nitrogens is 3. The van der Waals surface area contributed by atoms with Gasteiger partial charge in [-0.15, -0.1) is 0 Å². The number of para-hydroxylation sites is 1. The van der Waals surface area contributed by atoms with Crippen molar-refractivity contribution in [2.24, 2.45) is 0 Å². The van der Waals surface area contributed by atoms with Crippen molar-refractivity contribution < 1.29 is 4.42 Å². The van der Waals surface area contributed by atoms with Crippen LogP contribution < -0.4 is 0 Å². The maximum atomic E-state index is 6.97. The lowest BCUT2D eigenvalue weighted by Gasteiger charge is -2.12. The van der Waals surface area contributed by atoms with Gasteiger partial charge in [-0.1, -0.05) is 140 Å². The molecule has 0 atom stereocenters. The van der Waals surface area contributed by atoms with Gasteiger partial charge in [-0.2, -0.15) is 0 Å². The molecule has 0 bridgehead atoms. The van der Waals surface area contributed by atoms with Gasteiger partial charge in [-0.05, 0) is 114 Å². The highest BCUT2D eigenvalue weighted by molar-refractivity contribution is 6.26. The largest absolute Gasteiger partial charge is 0.455 e. The fraction of sp³-hybridized carbons (Fsp3) is 0. The number of nitrogens with zero attached hydrogens (tertiary/aromatic N) is 3. The summed E-state index contributed by atoms with van der Waals surface area (Å²) < 4.78 is 6.97. The standard InChI is InChI=1S/C55H33N3O/c1-2-14-41-39(12-1)40-13-3-4-15-42(40)48-30-36(26-27-44(41)48)38-18-11-19-46-49-33-47(43-16-5-6-17-45(43)55(49)59-54(38)46)35-24-22-34(23-25-35)37-31-52(50-20-7-9-28-56-50)58-53(32-37)51-21-8-10-29-57-51/h1-33H. The molecule has 4 nitrogen and oxygen atoms in total. The minimum absolute atomic E-state index is 0.806. The van der Waals surface area contributed by atoms with Crippen LogP contribution in [0.2, 0.25) is 0 Å². The highest BCUT2D eigenvalue weighted by Gasteiger charge is 2.19. The van der Waals surface area contributed by atoms with Crippen LogP contribution in [0.25, 0.3) is 121 Å². The molecule has 8 aromatic carbocycles. The first-order valence-electron chi connectivity index (χ1n) is 19.9. The van der Waals surface area contributed by atoms with E-state index in [1.807, 2.05) is 36.4 Å². The van der Waals surface area contributed by atoms with Gasteiger partial charge in [0.2, 0.25) is 0 Å². The Balaban J connectivity index is 0.996. The summed E-state index contributed by atoms with van der Waals surface area (Å²) in [6.45, 7) is 0. The first kappa shape index (κ1) is 33.2. The molecule has 274 valence electrons. The lowest BCUT2D eigenvalue weighted by atomic mass is 9.91. The first-order chi connectivity index (χ1) is 29.2. The average molecular weight is 752 g/mol. The Morgan fingerprint density at radius 3 is 1.41 bits per heavy atom. The molecule has 0 aliphatic heterocycles. The Morgan fingerprint density at radius 2 is 0.780 bits per heavy atom. The third kappa shape index (κ3) is 5.42. The number of hydrogen-bond donors (Lipinski definition) is 0. The van der Waals surface area contributed by atoms with E-state index in [-0.39, 0.29) is 0 Å². The van der Waals surface area contributed by atoms with Gasteiger partial charge in [0.15, 0.2) is 0 Å². The Kier molecular flexibility index (Phi) is 7.50. The maximum absolute atomic E-state index is 6.97. The SMILES string of the molecule is c1ccc(-c2cc(-c3ccc(-c4cc5c6cccc(-c7ccc8c9ccccc9c9ccccc9c8c7)c6oc5c5ccccc45)cc3)cc(-c3ccccn3)n2)nc1. The van der Waals surface area contributed by atoms with Crippen LogP contribution in [0.1, 0.15) is 0 Å². The Morgan fingerprint density at radius 1 is 0.271 bits per heavy atom. The molecule has 0 unspecified atom stereocenters. The summed E-state index contributed by atoms with van der Waals surface area (Å²) in [5, 5.41) is 12.0. The van der Waals surface area contributed by atoms with E-state index in [1.165, 1.54) is 32.3 Å². The van der Waals surface area contributed by atoms with Crippen molar-refractivity contribution in [1.82, 2.24) is 15.0 Å². The van der Waals surface area contributed by atoms with Crippen molar-refractivity contribution in [2.45, 2.75) is 0 Å². The molecule has 4 aromatic heterocycles. The third-order valence-electron chi connectivity index (χ3n) is 11.8. The second-order valence-corrected chi connectivity index (χ2v) is 15.1. The molecule has 0 aliphatic carbocycles. The van der Waals surface area contributed by atoms with Gasteiger partial charge < -0.3 is 4.42 Å². The van der Waals surface area contributed by atoms with E-state index in [2.05, 4.69) is 162 Å². The number of furan rings is 1. The molecular formula is C55H33N3O. The van der Waals surface area contributed by atoms with Crippen LogP contribution in [0.4, 0.5) is 0 Å². The lowest BCUT2D eigenvalue weighted by Crippen LogP contribution is -1.94. The summed E-state index contributed by atoms with van der Waals surface area (Å²) in [6, 6.07) is 66.7. The molecule has 0 aliphatic rings. The number of pyridine rings is 3. The van der Waals surface area contributed by atoms with Gasteiger partial charge in [0.25, 0.3) is 0 Å². The monoisotopic (exact) mass is 751 g/mol. The van der Waals surface area contributed by atoms with Crippen LogP contribution in [0, 0.1) is 0 Å². The van der Waals surface area contributed by atoms with E-state index < -0.39 is 0 Å². The van der Waals surface area contributed by atoms with Crippen LogP contribution in [-0.2, 0) is 0 Å². The van der Waals surface area contributed by atoms with Gasteiger partial charge in [-0.3, -0.25) is 9.97 Å². The van der Waals surface area contributed by atoms with Crippen molar-refractivity contribution in [3.8, 4) is 56.2 Å². The van der Waals surface area contributed by atoms with E-state index in [1.54, 1.807) is 12.4 Å².